The Hall–Kier alpha value is -0.430. The van der Waals surface area contributed by atoms with Crippen LogP contribution in [0.25, 0.3) is 0 Å². The highest BCUT2D eigenvalue weighted by Crippen LogP contribution is 2.34. The van der Waals surface area contributed by atoms with Crippen LogP contribution >= 0.6 is 11.3 Å². The first kappa shape index (κ1) is 15.0. The minimum Gasteiger partial charge on any atom is -0.310 e. The molecule has 2 unspecified atom stereocenters. The largest absolute Gasteiger partial charge is 0.310 e. The zero-order valence-electron chi connectivity index (χ0n) is 11.6. The molecule has 2 atom stereocenters. The summed E-state index contributed by atoms with van der Waals surface area (Å²) in [5.74, 6) is 0.524. The summed E-state index contributed by atoms with van der Waals surface area (Å²) in [5, 5.41) is 5.02. The van der Waals surface area contributed by atoms with E-state index in [0.29, 0.717) is 16.9 Å². The SMILES string of the molecule is CCC1CC1NS(=O)(=O)c1csc(CNC(C)C)c1. The summed E-state index contributed by atoms with van der Waals surface area (Å²) in [7, 11) is -3.33. The van der Waals surface area contributed by atoms with Crippen molar-refractivity contribution in [1.29, 1.82) is 0 Å². The zero-order valence-corrected chi connectivity index (χ0v) is 13.3. The third-order valence-electron chi connectivity index (χ3n) is 3.38. The van der Waals surface area contributed by atoms with Crippen LogP contribution in [0.2, 0.25) is 0 Å². The van der Waals surface area contributed by atoms with Crippen molar-refractivity contribution >= 4 is 21.4 Å². The normalized spacial score (nSPS) is 22.9. The van der Waals surface area contributed by atoms with E-state index in [2.05, 4.69) is 30.8 Å². The Kier molecular flexibility index (Phi) is 4.66. The van der Waals surface area contributed by atoms with Crippen molar-refractivity contribution in [2.75, 3.05) is 0 Å². The van der Waals surface area contributed by atoms with Crippen LogP contribution < -0.4 is 10.0 Å². The fourth-order valence-corrected chi connectivity index (χ4v) is 4.55. The minimum absolute atomic E-state index is 0.145. The molecule has 0 amide bonds. The van der Waals surface area contributed by atoms with Crippen molar-refractivity contribution in [2.45, 2.75) is 57.1 Å². The maximum atomic E-state index is 12.2. The van der Waals surface area contributed by atoms with Gasteiger partial charge < -0.3 is 5.32 Å². The molecule has 6 heteroatoms. The van der Waals surface area contributed by atoms with Gasteiger partial charge in [0.1, 0.15) is 0 Å². The van der Waals surface area contributed by atoms with E-state index in [0.717, 1.165) is 24.3 Å². The number of hydrogen-bond donors (Lipinski definition) is 2. The number of rotatable bonds is 7. The van der Waals surface area contributed by atoms with E-state index in [1.807, 2.05) is 0 Å². The van der Waals surface area contributed by atoms with Gasteiger partial charge in [-0.3, -0.25) is 0 Å². The monoisotopic (exact) mass is 302 g/mol. The number of sulfonamides is 1. The van der Waals surface area contributed by atoms with E-state index in [1.165, 1.54) is 11.3 Å². The van der Waals surface area contributed by atoms with Gasteiger partial charge in [0.2, 0.25) is 10.0 Å². The molecule has 0 spiro atoms. The van der Waals surface area contributed by atoms with Crippen molar-refractivity contribution in [2.24, 2.45) is 5.92 Å². The number of thiophene rings is 1. The quantitative estimate of drug-likeness (QED) is 0.812. The lowest BCUT2D eigenvalue weighted by Gasteiger charge is -2.05. The Labute approximate surface area is 119 Å². The molecular formula is C13H22N2O2S2. The van der Waals surface area contributed by atoms with Crippen LogP contribution in [-0.2, 0) is 16.6 Å². The van der Waals surface area contributed by atoms with Gasteiger partial charge in [0.15, 0.2) is 0 Å². The summed E-state index contributed by atoms with van der Waals surface area (Å²) in [6.45, 7) is 6.97. The van der Waals surface area contributed by atoms with E-state index < -0.39 is 10.0 Å². The molecule has 1 aromatic rings. The molecule has 1 fully saturated rings. The lowest BCUT2D eigenvalue weighted by Crippen LogP contribution is -2.26. The lowest BCUT2D eigenvalue weighted by molar-refractivity contribution is 0.575. The molecule has 1 aliphatic carbocycles. The summed E-state index contributed by atoms with van der Waals surface area (Å²) >= 11 is 1.49. The molecule has 2 rings (SSSR count). The number of nitrogens with one attached hydrogen (secondary N) is 2. The third kappa shape index (κ3) is 4.02. The van der Waals surface area contributed by atoms with Gasteiger partial charge in [0.25, 0.3) is 0 Å². The molecule has 4 nitrogen and oxygen atoms in total. The Morgan fingerprint density at radius 2 is 2.21 bits per heavy atom. The second-order valence-corrected chi connectivity index (χ2v) is 8.13. The molecule has 108 valence electrons. The van der Waals surface area contributed by atoms with Gasteiger partial charge in [-0.1, -0.05) is 27.2 Å². The molecule has 0 aliphatic heterocycles. The van der Waals surface area contributed by atoms with Gasteiger partial charge in [-0.05, 0) is 18.4 Å². The Morgan fingerprint density at radius 3 is 2.79 bits per heavy atom. The Morgan fingerprint density at radius 1 is 1.47 bits per heavy atom. The fraction of sp³-hybridized carbons (Fsp3) is 0.692. The summed E-state index contributed by atoms with van der Waals surface area (Å²) < 4.78 is 27.1. The van der Waals surface area contributed by atoms with Crippen LogP contribution in [0, 0.1) is 5.92 Å². The molecule has 1 saturated carbocycles. The van der Waals surface area contributed by atoms with Crippen LogP contribution in [0.15, 0.2) is 16.3 Å². The van der Waals surface area contributed by atoms with Crippen LogP contribution in [0.1, 0.15) is 38.5 Å². The first-order valence-corrected chi connectivity index (χ1v) is 9.11. The van der Waals surface area contributed by atoms with Crippen LogP contribution in [0.5, 0.6) is 0 Å². The van der Waals surface area contributed by atoms with E-state index in [-0.39, 0.29) is 6.04 Å². The first-order valence-electron chi connectivity index (χ1n) is 6.75. The summed E-state index contributed by atoms with van der Waals surface area (Å²) in [6, 6.07) is 2.32. The molecule has 1 heterocycles. The molecule has 0 radical (unpaired) electrons. The van der Waals surface area contributed by atoms with E-state index in [9.17, 15) is 8.42 Å². The summed E-state index contributed by atoms with van der Waals surface area (Å²) in [4.78, 5) is 1.46. The van der Waals surface area contributed by atoms with Gasteiger partial charge in [0, 0.05) is 28.9 Å². The predicted octanol–water partition coefficient (Wildman–Crippen LogP) is 2.32. The van der Waals surface area contributed by atoms with Crippen molar-refractivity contribution in [3.05, 3.63) is 16.3 Å². The van der Waals surface area contributed by atoms with Gasteiger partial charge in [-0.25, -0.2) is 13.1 Å². The van der Waals surface area contributed by atoms with Crippen LogP contribution in [-0.4, -0.2) is 20.5 Å². The highest BCUT2D eigenvalue weighted by Gasteiger charge is 2.38. The van der Waals surface area contributed by atoms with E-state index >= 15 is 0 Å². The molecule has 0 saturated heterocycles. The average Bonchev–Trinajstić information content (AvgIpc) is 2.89. The van der Waals surface area contributed by atoms with Crippen LogP contribution in [0.4, 0.5) is 0 Å². The molecule has 1 aromatic heterocycles. The third-order valence-corrected chi connectivity index (χ3v) is 5.93. The first-order chi connectivity index (χ1) is 8.92. The predicted molar refractivity (Wildman–Crippen MR) is 78.8 cm³/mol. The minimum atomic E-state index is -3.33. The molecule has 1 aliphatic rings. The van der Waals surface area contributed by atoms with Crippen molar-refractivity contribution in [3.8, 4) is 0 Å². The van der Waals surface area contributed by atoms with Gasteiger partial charge in [-0.2, -0.15) is 0 Å². The molecule has 19 heavy (non-hydrogen) atoms. The van der Waals surface area contributed by atoms with Crippen LogP contribution in [0.3, 0.4) is 0 Å². The van der Waals surface area contributed by atoms with Gasteiger partial charge >= 0.3 is 0 Å². The second-order valence-electron chi connectivity index (χ2n) is 5.42. The number of hydrogen-bond acceptors (Lipinski definition) is 4. The molecule has 0 bridgehead atoms. The average molecular weight is 302 g/mol. The van der Waals surface area contributed by atoms with Crippen molar-refractivity contribution in [3.63, 3.8) is 0 Å². The zero-order chi connectivity index (χ0) is 14.0. The molecular weight excluding hydrogens is 280 g/mol. The maximum absolute atomic E-state index is 12.2. The molecule has 0 aromatic carbocycles. The lowest BCUT2D eigenvalue weighted by atomic mass is 10.3. The summed E-state index contributed by atoms with van der Waals surface area (Å²) in [5.41, 5.74) is 0. The van der Waals surface area contributed by atoms with E-state index in [4.69, 9.17) is 0 Å². The fourth-order valence-electron chi connectivity index (χ4n) is 2.01. The highest BCUT2D eigenvalue weighted by atomic mass is 32.2. The van der Waals surface area contributed by atoms with Crippen molar-refractivity contribution in [1.82, 2.24) is 10.0 Å². The maximum Gasteiger partial charge on any atom is 0.241 e. The van der Waals surface area contributed by atoms with Gasteiger partial charge in [-0.15, -0.1) is 11.3 Å². The standard InChI is InChI=1S/C13H22N2O2S2/c1-4-10-5-13(10)15-19(16,17)12-6-11(18-8-12)7-14-9(2)3/h6,8-10,13-15H,4-5,7H2,1-3H3. The van der Waals surface area contributed by atoms with Gasteiger partial charge in [0.05, 0.1) is 4.90 Å². The second kappa shape index (κ2) is 5.91. The topological polar surface area (TPSA) is 58.2 Å². The van der Waals surface area contributed by atoms with E-state index in [1.54, 1.807) is 11.4 Å². The Bertz CT molecular complexity index is 523. The molecule has 2 N–H and O–H groups in total. The summed E-state index contributed by atoms with van der Waals surface area (Å²) in [6.07, 6.45) is 2.02. The van der Waals surface area contributed by atoms with Crippen molar-refractivity contribution < 1.29 is 8.42 Å². The Balaban J connectivity index is 1.97. The highest BCUT2D eigenvalue weighted by molar-refractivity contribution is 7.89. The smallest absolute Gasteiger partial charge is 0.241 e.